The number of hydrogen-bond acceptors (Lipinski definition) is 4. The molecule has 0 aliphatic heterocycles. The first-order valence-electron chi connectivity index (χ1n) is 9.35. The summed E-state index contributed by atoms with van der Waals surface area (Å²) in [5.74, 6) is -0.358. The van der Waals surface area contributed by atoms with Gasteiger partial charge in [-0.2, -0.15) is 0 Å². The average molecular weight is 452 g/mol. The Morgan fingerprint density at radius 2 is 1.70 bits per heavy atom. The van der Waals surface area contributed by atoms with Gasteiger partial charge in [-0.25, -0.2) is 8.42 Å². The maximum atomic E-state index is 12.3. The zero-order chi connectivity index (χ0) is 22.5. The predicted molar refractivity (Wildman–Crippen MR) is 121 cm³/mol. The number of carbonyl (C=O) groups excluding carboxylic acids is 2. The summed E-state index contributed by atoms with van der Waals surface area (Å²) in [6.45, 7) is 1.91. The molecule has 9 heteroatoms. The van der Waals surface area contributed by atoms with Crippen molar-refractivity contribution >= 4 is 44.8 Å². The lowest BCUT2D eigenvalue weighted by molar-refractivity contribution is -0.116. The fourth-order valence-electron chi connectivity index (χ4n) is 2.89. The molecule has 0 aliphatic rings. The smallest absolute Gasteiger partial charge is 0.253 e. The van der Waals surface area contributed by atoms with Gasteiger partial charge in [0.05, 0.1) is 11.9 Å². The van der Waals surface area contributed by atoms with Crippen LogP contribution in [0, 0.1) is 6.92 Å². The molecule has 0 aliphatic carbocycles. The number of nitrogens with one attached hydrogen (secondary N) is 1. The predicted octanol–water partition coefficient (Wildman–Crippen LogP) is 3.54. The highest BCUT2D eigenvalue weighted by atomic mass is 35.5. The number of hydrogen-bond donors (Lipinski definition) is 1. The van der Waals surface area contributed by atoms with Crippen molar-refractivity contribution in [1.82, 2.24) is 4.90 Å². The SMILES string of the molecule is Cc1c(Cl)cccc1N(CCCC(=O)Nc1ccc(C(=O)N(C)C)cc1)S(C)(=O)=O. The second kappa shape index (κ2) is 9.95. The minimum atomic E-state index is -3.53. The van der Waals surface area contributed by atoms with Crippen LogP contribution < -0.4 is 9.62 Å². The molecule has 0 radical (unpaired) electrons. The van der Waals surface area contributed by atoms with Crippen molar-refractivity contribution < 1.29 is 18.0 Å². The first-order chi connectivity index (χ1) is 14.0. The van der Waals surface area contributed by atoms with Gasteiger partial charge < -0.3 is 10.2 Å². The second-order valence-electron chi connectivity index (χ2n) is 7.15. The van der Waals surface area contributed by atoms with Gasteiger partial charge in [0.15, 0.2) is 0 Å². The molecule has 0 fully saturated rings. The monoisotopic (exact) mass is 451 g/mol. The van der Waals surface area contributed by atoms with Gasteiger partial charge in [-0.3, -0.25) is 13.9 Å². The minimum absolute atomic E-state index is 0.120. The lowest BCUT2D eigenvalue weighted by Gasteiger charge is -2.24. The van der Waals surface area contributed by atoms with Crippen LogP contribution in [0.15, 0.2) is 42.5 Å². The second-order valence-corrected chi connectivity index (χ2v) is 9.46. The summed E-state index contributed by atoms with van der Waals surface area (Å²) in [4.78, 5) is 25.6. The first-order valence-corrected chi connectivity index (χ1v) is 11.6. The minimum Gasteiger partial charge on any atom is -0.345 e. The standard InChI is InChI=1S/C21H26ClN3O4S/c1-15-18(22)7-5-8-19(15)25(30(4,28)29)14-6-9-20(26)23-17-12-10-16(11-13-17)21(27)24(2)3/h5,7-8,10-13H,6,9,14H2,1-4H3,(H,23,26). The molecule has 0 spiro atoms. The Labute approximate surface area is 182 Å². The van der Waals surface area contributed by atoms with Crippen LogP contribution in [0.3, 0.4) is 0 Å². The van der Waals surface area contributed by atoms with Crippen LogP contribution in [0.5, 0.6) is 0 Å². The zero-order valence-electron chi connectivity index (χ0n) is 17.5. The fraction of sp³-hybridized carbons (Fsp3) is 0.333. The number of anilines is 2. The Morgan fingerprint density at radius 3 is 2.27 bits per heavy atom. The Balaban J connectivity index is 1.98. The summed E-state index contributed by atoms with van der Waals surface area (Å²) in [6, 6.07) is 11.7. The highest BCUT2D eigenvalue weighted by Crippen LogP contribution is 2.28. The first kappa shape index (κ1) is 23.7. The quantitative estimate of drug-likeness (QED) is 0.665. The van der Waals surface area contributed by atoms with Gasteiger partial charge in [0.1, 0.15) is 0 Å². The average Bonchev–Trinajstić information content (AvgIpc) is 2.67. The van der Waals surface area contributed by atoms with Gasteiger partial charge in [-0.15, -0.1) is 0 Å². The number of benzene rings is 2. The Morgan fingerprint density at radius 1 is 1.07 bits per heavy atom. The fourth-order valence-corrected chi connectivity index (χ4v) is 4.08. The van der Waals surface area contributed by atoms with E-state index in [-0.39, 0.29) is 24.8 Å². The number of amides is 2. The van der Waals surface area contributed by atoms with E-state index in [1.54, 1.807) is 63.5 Å². The molecule has 2 aromatic rings. The van der Waals surface area contributed by atoms with Gasteiger partial charge in [-0.05, 0) is 55.3 Å². The van der Waals surface area contributed by atoms with E-state index in [0.29, 0.717) is 33.9 Å². The van der Waals surface area contributed by atoms with Gasteiger partial charge in [0.25, 0.3) is 5.91 Å². The Hall–Kier alpha value is -2.58. The third kappa shape index (κ3) is 6.21. The van der Waals surface area contributed by atoms with Crippen molar-refractivity contribution in [3.63, 3.8) is 0 Å². The van der Waals surface area contributed by atoms with E-state index in [4.69, 9.17) is 11.6 Å². The molecule has 0 unspecified atom stereocenters. The van der Waals surface area contributed by atoms with Crippen molar-refractivity contribution in [3.8, 4) is 0 Å². The summed E-state index contributed by atoms with van der Waals surface area (Å²) < 4.78 is 25.8. The summed E-state index contributed by atoms with van der Waals surface area (Å²) in [5, 5.41) is 3.24. The highest BCUT2D eigenvalue weighted by Gasteiger charge is 2.20. The number of rotatable bonds is 8. The Bertz CT molecular complexity index is 1020. The van der Waals surface area contributed by atoms with Crippen molar-refractivity contribution in [1.29, 1.82) is 0 Å². The van der Waals surface area contributed by atoms with E-state index >= 15 is 0 Å². The largest absolute Gasteiger partial charge is 0.345 e. The van der Waals surface area contributed by atoms with Gasteiger partial charge in [-0.1, -0.05) is 17.7 Å². The van der Waals surface area contributed by atoms with Gasteiger partial charge in [0.2, 0.25) is 15.9 Å². The van der Waals surface area contributed by atoms with E-state index in [1.807, 2.05) is 0 Å². The summed E-state index contributed by atoms with van der Waals surface area (Å²) in [6.07, 6.45) is 1.61. The normalized spacial score (nSPS) is 11.1. The molecule has 2 aromatic carbocycles. The lowest BCUT2D eigenvalue weighted by Crippen LogP contribution is -2.32. The van der Waals surface area contributed by atoms with E-state index in [2.05, 4.69) is 5.32 Å². The molecule has 0 bridgehead atoms. The summed E-state index contributed by atoms with van der Waals surface area (Å²) in [5.41, 5.74) is 2.27. The van der Waals surface area contributed by atoms with Gasteiger partial charge >= 0.3 is 0 Å². The van der Waals surface area contributed by atoms with E-state index in [9.17, 15) is 18.0 Å². The Kier molecular flexibility index (Phi) is 7.86. The van der Waals surface area contributed by atoms with E-state index in [1.165, 1.54) is 9.21 Å². The molecule has 1 N–H and O–H groups in total. The molecular weight excluding hydrogens is 426 g/mol. The number of halogens is 1. The molecule has 7 nitrogen and oxygen atoms in total. The van der Waals surface area contributed by atoms with Crippen LogP contribution in [0.1, 0.15) is 28.8 Å². The topological polar surface area (TPSA) is 86.8 Å². The highest BCUT2D eigenvalue weighted by molar-refractivity contribution is 7.92. The van der Waals surface area contributed by atoms with E-state index < -0.39 is 10.0 Å². The van der Waals surface area contributed by atoms with Crippen LogP contribution in [0.4, 0.5) is 11.4 Å². The van der Waals surface area contributed by atoms with Crippen LogP contribution in [0.2, 0.25) is 5.02 Å². The van der Waals surface area contributed by atoms with Crippen LogP contribution in [0.25, 0.3) is 0 Å². The maximum Gasteiger partial charge on any atom is 0.253 e. The number of sulfonamides is 1. The zero-order valence-corrected chi connectivity index (χ0v) is 19.0. The molecule has 30 heavy (non-hydrogen) atoms. The number of carbonyl (C=O) groups is 2. The molecule has 0 heterocycles. The van der Waals surface area contributed by atoms with E-state index in [0.717, 1.165) is 6.26 Å². The lowest BCUT2D eigenvalue weighted by atomic mass is 10.1. The van der Waals surface area contributed by atoms with Crippen LogP contribution in [-0.4, -0.2) is 52.0 Å². The summed E-state index contributed by atoms with van der Waals surface area (Å²) >= 11 is 6.12. The summed E-state index contributed by atoms with van der Waals surface area (Å²) in [7, 11) is -0.188. The molecule has 0 aromatic heterocycles. The molecule has 0 atom stereocenters. The van der Waals surface area contributed by atoms with Crippen molar-refractivity contribution in [2.24, 2.45) is 0 Å². The molecule has 2 rings (SSSR count). The third-order valence-electron chi connectivity index (χ3n) is 4.49. The van der Waals surface area contributed by atoms with Crippen molar-refractivity contribution in [2.75, 3.05) is 36.5 Å². The molecule has 0 saturated heterocycles. The van der Waals surface area contributed by atoms with Crippen LogP contribution in [-0.2, 0) is 14.8 Å². The molecular formula is C21H26ClN3O4S. The van der Waals surface area contributed by atoms with Crippen molar-refractivity contribution in [3.05, 3.63) is 58.6 Å². The van der Waals surface area contributed by atoms with Crippen LogP contribution >= 0.6 is 11.6 Å². The molecule has 162 valence electrons. The maximum absolute atomic E-state index is 12.3. The molecule has 0 saturated carbocycles. The van der Waals surface area contributed by atoms with Gasteiger partial charge in [0, 0.05) is 43.3 Å². The van der Waals surface area contributed by atoms with Crippen molar-refractivity contribution in [2.45, 2.75) is 19.8 Å². The third-order valence-corrected chi connectivity index (χ3v) is 6.08. The molecule has 2 amide bonds. The number of nitrogens with zero attached hydrogens (tertiary/aromatic N) is 2.